The van der Waals surface area contributed by atoms with Crippen molar-refractivity contribution in [3.8, 4) is 0 Å². The molecule has 1 saturated heterocycles. The first-order valence-corrected chi connectivity index (χ1v) is 9.80. The van der Waals surface area contributed by atoms with E-state index in [0.29, 0.717) is 24.5 Å². The predicted molar refractivity (Wildman–Crippen MR) is 82.1 cm³/mol. The molecule has 1 fully saturated rings. The van der Waals surface area contributed by atoms with Gasteiger partial charge >= 0.3 is 12.0 Å². The molecule has 0 aromatic rings. The number of hydrogen-bond acceptors (Lipinski definition) is 5. The standard InChI is InChI=1S/C12H22N2O5S2/c1-8(2)6-9(11(15)16)13-12(17)14-4-5-20-7-10(14)21(3,18)19/h8-10H,4-7H2,1-3H3,(H,13,17)(H,15,16). The average molecular weight is 338 g/mol. The fourth-order valence-corrected chi connectivity index (χ4v) is 4.91. The summed E-state index contributed by atoms with van der Waals surface area (Å²) in [6.07, 6.45) is 1.39. The van der Waals surface area contributed by atoms with E-state index in [-0.39, 0.29) is 5.92 Å². The summed E-state index contributed by atoms with van der Waals surface area (Å²) in [5.41, 5.74) is 0. The zero-order valence-electron chi connectivity index (χ0n) is 12.4. The second kappa shape index (κ2) is 7.35. The molecule has 0 saturated carbocycles. The third-order valence-electron chi connectivity index (χ3n) is 3.14. The van der Waals surface area contributed by atoms with Gasteiger partial charge in [0.25, 0.3) is 0 Å². The topological polar surface area (TPSA) is 104 Å². The van der Waals surface area contributed by atoms with Gasteiger partial charge in [-0.05, 0) is 12.3 Å². The second-order valence-electron chi connectivity index (χ2n) is 5.52. The van der Waals surface area contributed by atoms with Crippen LogP contribution in [0.25, 0.3) is 0 Å². The van der Waals surface area contributed by atoms with E-state index in [9.17, 15) is 18.0 Å². The number of carbonyl (C=O) groups excluding carboxylic acids is 1. The SMILES string of the molecule is CC(C)CC(NC(=O)N1CCSCC1S(C)(=O)=O)C(=O)O. The number of hydrogen-bond donors (Lipinski definition) is 2. The number of carboxylic acids is 1. The molecular weight excluding hydrogens is 316 g/mol. The molecule has 0 radical (unpaired) electrons. The van der Waals surface area contributed by atoms with Gasteiger partial charge in [-0.3, -0.25) is 0 Å². The fraction of sp³-hybridized carbons (Fsp3) is 0.833. The molecule has 9 heteroatoms. The number of sulfone groups is 1. The van der Waals surface area contributed by atoms with Gasteiger partial charge in [0.15, 0.2) is 9.84 Å². The molecule has 0 bridgehead atoms. The Kier molecular flexibility index (Phi) is 6.33. The van der Waals surface area contributed by atoms with Crippen LogP contribution in [0.3, 0.4) is 0 Å². The van der Waals surface area contributed by atoms with E-state index in [4.69, 9.17) is 5.11 Å². The molecule has 0 aromatic heterocycles. The smallest absolute Gasteiger partial charge is 0.326 e. The number of thioether (sulfide) groups is 1. The molecule has 2 atom stereocenters. The van der Waals surface area contributed by atoms with E-state index >= 15 is 0 Å². The minimum Gasteiger partial charge on any atom is -0.480 e. The molecule has 0 spiro atoms. The summed E-state index contributed by atoms with van der Waals surface area (Å²) < 4.78 is 23.5. The molecule has 7 nitrogen and oxygen atoms in total. The third-order valence-corrected chi connectivity index (χ3v) is 5.79. The summed E-state index contributed by atoms with van der Waals surface area (Å²) in [5.74, 6) is -0.0523. The van der Waals surface area contributed by atoms with E-state index in [0.717, 1.165) is 6.26 Å². The first-order chi connectivity index (χ1) is 9.62. The van der Waals surface area contributed by atoms with Crippen molar-refractivity contribution in [1.29, 1.82) is 0 Å². The van der Waals surface area contributed by atoms with Crippen LogP contribution in [0.2, 0.25) is 0 Å². The molecule has 122 valence electrons. The highest BCUT2D eigenvalue weighted by Crippen LogP contribution is 2.20. The lowest BCUT2D eigenvalue weighted by atomic mass is 10.0. The molecule has 2 amide bonds. The number of carbonyl (C=O) groups is 2. The molecule has 1 rings (SSSR count). The highest BCUT2D eigenvalue weighted by Gasteiger charge is 2.35. The summed E-state index contributed by atoms with van der Waals surface area (Å²) in [5, 5.41) is 10.7. The number of nitrogens with zero attached hydrogens (tertiary/aromatic N) is 1. The van der Waals surface area contributed by atoms with Crippen molar-refractivity contribution in [2.24, 2.45) is 5.92 Å². The number of amides is 2. The van der Waals surface area contributed by atoms with Crippen molar-refractivity contribution in [3.05, 3.63) is 0 Å². The van der Waals surface area contributed by atoms with Gasteiger partial charge in [0.1, 0.15) is 11.4 Å². The lowest BCUT2D eigenvalue weighted by Gasteiger charge is -2.34. The molecule has 2 unspecified atom stereocenters. The molecule has 0 aliphatic carbocycles. The van der Waals surface area contributed by atoms with Crippen molar-refractivity contribution in [1.82, 2.24) is 10.2 Å². The summed E-state index contributed by atoms with van der Waals surface area (Å²) in [4.78, 5) is 24.6. The molecule has 21 heavy (non-hydrogen) atoms. The molecule has 1 heterocycles. The van der Waals surface area contributed by atoms with Crippen LogP contribution in [0.1, 0.15) is 20.3 Å². The van der Waals surface area contributed by atoms with Crippen molar-refractivity contribution >= 4 is 33.6 Å². The Balaban J connectivity index is 2.82. The van der Waals surface area contributed by atoms with Gasteiger partial charge in [0.05, 0.1) is 0 Å². The van der Waals surface area contributed by atoms with Gasteiger partial charge < -0.3 is 15.3 Å². The van der Waals surface area contributed by atoms with E-state index in [1.54, 1.807) is 0 Å². The molecule has 1 aliphatic rings. The first-order valence-electron chi connectivity index (χ1n) is 6.69. The van der Waals surface area contributed by atoms with Crippen LogP contribution >= 0.6 is 11.8 Å². The number of urea groups is 1. The summed E-state index contributed by atoms with van der Waals surface area (Å²) in [7, 11) is -3.40. The maximum atomic E-state index is 12.2. The number of rotatable bonds is 5. The summed E-state index contributed by atoms with van der Waals surface area (Å²) >= 11 is 1.47. The normalized spacial score (nSPS) is 21.1. The predicted octanol–water partition coefficient (Wildman–Crippen LogP) is 0.615. The van der Waals surface area contributed by atoms with Crippen LogP contribution < -0.4 is 5.32 Å². The van der Waals surface area contributed by atoms with Crippen molar-refractivity contribution in [2.75, 3.05) is 24.3 Å². The lowest BCUT2D eigenvalue weighted by molar-refractivity contribution is -0.139. The number of nitrogens with one attached hydrogen (secondary N) is 1. The van der Waals surface area contributed by atoms with Gasteiger partial charge in [-0.15, -0.1) is 0 Å². The van der Waals surface area contributed by atoms with E-state index in [1.807, 2.05) is 13.8 Å². The van der Waals surface area contributed by atoms with E-state index in [2.05, 4.69) is 5.32 Å². The number of aliphatic carboxylic acids is 1. The quantitative estimate of drug-likeness (QED) is 0.761. The van der Waals surface area contributed by atoms with Crippen LogP contribution in [0.4, 0.5) is 4.79 Å². The minimum atomic E-state index is -3.40. The second-order valence-corrected chi connectivity index (χ2v) is 8.88. The maximum absolute atomic E-state index is 12.2. The van der Waals surface area contributed by atoms with Crippen molar-refractivity contribution in [2.45, 2.75) is 31.7 Å². The van der Waals surface area contributed by atoms with Gasteiger partial charge in [0, 0.05) is 24.3 Å². The van der Waals surface area contributed by atoms with Crippen LogP contribution in [-0.2, 0) is 14.6 Å². The number of carboxylic acid groups (broad SMARTS) is 1. The Morgan fingerprint density at radius 1 is 1.43 bits per heavy atom. The molecule has 2 N–H and O–H groups in total. The molecule has 1 aliphatic heterocycles. The molecular formula is C12H22N2O5S2. The Morgan fingerprint density at radius 2 is 2.05 bits per heavy atom. The zero-order chi connectivity index (χ0) is 16.2. The highest BCUT2D eigenvalue weighted by atomic mass is 32.2. The van der Waals surface area contributed by atoms with Crippen LogP contribution in [0, 0.1) is 5.92 Å². The Labute approximate surface area is 129 Å². The molecule has 0 aromatic carbocycles. The Morgan fingerprint density at radius 3 is 2.52 bits per heavy atom. The van der Waals surface area contributed by atoms with Gasteiger partial charge in [-0.2, -0.15) is 11.8 Å². The van der Waals surface area contributed by atoms with Crippen LogP contribution in [0.5, 0.6) is 0 Å². The van der Waals surface area contributed by atoms with E-state index in [1.165, 1.54) is 16.7 Å². The third kappa shape index (κ3) is 5.39. The average Bonchev–Trinajstić information content (AvgIpc) is 2.36. The maximum Gasteiger partial charge on any atom is 0.326 e. The lowest BCUT2D eigenvalue weighted by Crippen LogP contribution is -2.56. The Hall–Kier alpha value is -0.960. The largest absolute Gasteiger partial charge is 0.480 e. The van der Waals surface area contributed by atoms with Crippen molar-refractivity contribution < 1.29 is 23.1 Å². The minimum absolute atomic E-state index is 0.106. The van der Waals surface area contributed by atoms with Gasteiger partial charge in [-0.1, -0.05) is 13.8 Å². The van der Waals surface area contributed by atoms with Crippen LogP contribution in [0.15, 0.2) is 0 Å². The highest BCUT2D eigenvalue weighted by molar-refractivity contribution is 8.00. The summed E-state index contributed by atoms with van der Waals surface area (Å²) in [6, 6.07) is -1.63. The van der Waals surface area contributed by atoms with Gasteiger partial charge in [0.2, 0.25) is 0 Å². The fourth-order valence-electron chi connectivity index (χ4n) is 2.09. The summed E-state index contributed by atoms with van der Waals surface area (Å²) in [6.45, 7) is 4.01. The van der Waals surface area contributed by atoms with Crippen LogP contribution in [-0.4, -0.2) is 66.1 Å². The van der Waals surface area contributed by atoms with E-state index < -0.39 is 33.3 Å². The van der Waals surface area contributed by atoms with Crippen molar-refractivity contribution in [3.63, 3.8) is 0 Å². The first kappa shape index (κ1) is 18.1. The zero-order valence-corrected chi connectivity index (χ0v) is 14.0. The Bertz CT molecular complexity index is 492. The monoisotopic (exact) mass is 338 g/mol. The van der Waals surface area contributed by atoms with Gasteiger partial charge in [-0.25, -0.2) is 18.0 Å².